The second-order valence-corrected chi connectivity index (χ2v) is 4.78. The number of nitrogens with one attached hydrogen (secondary N) is 1. The second-order valence-electron chi connectivity index (χ2n) is 4.78. The molecule has 1 rings (SSSR count). The fourth-order valence-electron chi connectivity index (χ4n) is 1.99. The van der Waals surface area contributed by atoms with Crippen LogP contribution in [-0.4, -0.2) is 52.6 Å². The zero-order valence-electron chi connectivity index (χ0n) is 13.1. The van der Waals surface area contributed by atoms with Crippen LogP contribution in [0.1, 0.15) is 24.9 Å². The first kappa shape index (κ1) is 16.9. The minimum Gasteiger partial charge on any atom is -0.385 e. The molecule has 1 N–H and O–H groups in total. The number of aromatic nitrogens is 1. The van der Waals surface area contributed by atoms with Gasteiger partial charge in [-0.2, -0.15) is 0 Å². The molecule has 114 valence electrons. The second kappa shape index (κ2) is 9.69. The van der Waals surface area contributed by atoms with Gasteiger partial charge in [-0.05, 0) is 38.1 Å². The standard InChI is InChI=1S/C15H27N3O2/c1-13(16-2)14-6-7-17-15(12-14)18(9-11-20-4)8-5-10-19-3/h6-7,12-13,16H,5,8-11H2,1-4H3. The number of methoxy groups -OCH3 is 2. The van der Waals surface area contributed by atoms with Gasteiger partial charge in [-0.1, -0.05) is 0 Å². The lowest BCUT2D eigenvalue weighted by molar-refractivity contribution is 0.191. The largest absolute Gasteiger partial charge is 0.385 e. The molecule has 1 atom stereocenters. The predicted molar refractivity (Wildman–Crippen MR) is 82.3 cm³/mol. The van der Waals surface area contributed by atoms with Crippen molar-refractivity contribution in [2.24, 2.45) is 0 Å². The van der Waals surface area contributed by atoms with Gasteiger partial charge in [-0.15, -0.1) is 0 Å². The number of rotatable bonds is 10. The molecule has 0 saturated carbocycles. The average Bonchev–Trinajstić information content (AvgIpc) is 2.50. The summed E-state index contributed by atoms with van der Waals surface area (Å²) in [5, 5.41) is 3.25. The number of ether oxygens (including phenoxy) is 2. The predicted octanol–water partition coefficient (Wildman–Crippen LogP) is 1.85. The number of hydrogen-bond acceptors (Lipinski definition) is 5. The van der Waals surface area contributed by atoms with Gasteiger partial charge >= 0.3 is 0 Å². The number of nitrogens with zero attached hydrogens (tertiary/aromatic N) is 2. The van der Waals surface area contributed by atoms with E-state index < -0.39 is 0 Å². The molecule has 0 amide bonds. The van der Waals surface area contributed by atoms with Crippen LogP contribution in [0.4, 0.5) is 5.82 Å². The van der Waals surface area contributed by atoms with E-state index in [1.165, 1.54) is 5.56 Å². The average molecular weight is 281 g/mol. The van der Waals surface area contributed by atoms with Gasteiger partial charge in [-0.3, -0.25) is 0 Å². The molecule has 0 radical (unpaired) electrons. The van der Waals surface area contributed by atoms with Crippen molar-refractivity contribution < 1.29 is 9.47 Å². The highest BCUT2D eigenvalue weighted by molar-refractivity contribution is 5.41. The molecule has 5 nitrogen and oxygen atoms in total. The molecule has 20 heavy (non-hydrogen) atoms. The van der Waals surface area contributed by atoms with Gasteiger partial charge in [0.1, 0.15) is 5.82 Å². The van der Waals surface area contributed by atoms with Crippen LogP contribution < -0.4 is 10.2 Å². The summed E-state index contributed by atoms with van der Waals surface area (Å²) in [6.45, 7) is 5.35. The van der Waals surface area contributed by atoms with Crippen LogP contribution in [0, 0.1) is 0 Å². The first-order valence-corrected chi connectivity index (χ1v) is 7.09. The molecule has 1 aromatic rings. The number of pyridine rings is 1. The molecule has 0 saturated heterocycles. The molecular weight excluding hydrogens is 254 g/mol. The Morgan fingerprint density at radius 1 is 1.25 bits per heavy atom. The van der Waals surface area contributed by atoms with Crippen molar-refractivity contribution in [3.05, 3.63) is 23.9 Å². The van der Waals surface area contributed by atoms with Gasteiger partial charge in [0, 0.05) is 46.2 Å². The van der Waals surface area contributed by atoms with Gasteiger partial charge in [0.2, 0.25) is 0 Å². The smallest absolute Gasteiger partial charge is 0.128 e. The van der Waals surface area contributed by atoms with E-state index >= 15 is 0 Å². The SMILES string of the molecule is CNC(C)c1ccnc(N(CCCOC)CCOC)c1. The Balaban J connectivity index is 2.77. The highest BCUT2D eigenvalue weighted by Crippen LogP contribution is 2.18. The van der Waals surface area contributed by atoms with Crippen molar-refractivity contribution >= 4 is 5.82 Å². The van der Waals surface area contributed by atoms with E-state index in [4.69, 9.17) is 9.47 Å². The monoisotopic (exact) mass is 281 g/mol. The Labute approximate surface area is 122 Å². The molecular formula is C15H27N3O2. The van der Waals surface area contributed by atoms with Crippen molar-refractivity contribution in [2.45, 2.75) is 19.4 Å². The molecule has 0 aliphatic carbocycles. The summed E-state index contributed by atoms with van der Waals surface area (Å²) in [5.41, 5.74) is 1.24. The van der Waals surface area contributed by atoms with Crippen LogP contribution >= 0.6 is 0 Å². The molecule has 0 aliphatic heterocycles. The van der Waals surface area contributed by atoms with Crippen LogP contribution in [0.15, 0.2) is 18.3 Å². The number of anilines is 1. The molecule has 1 unspecified atom stereocenters. The van der Waals surface area contributed by atoms with Gasteiger partial charge in [0.05, 0.1) is 6.61 Å². The van der Waals surface area contributed by atoms with Crippen molar-refractivity contribution in [3.8, 4) is 0 Å². The van der Waals surface area contributed by atoms with Crippen LogP contribution in [0.3, 0.4) is 0 Å². The van der Waals surface area contributed by atoms with E-state index in [-0.39, 0.29) is 0 Å². The molecule has 0 aromatic carbocycles. The Morgan fingerprint density at radius 3 is 2.65 bits per heavy atom. The first-order chi connectivity index (χ1) is 9.72. The van der Waals surface area contributed by atoms with Crippen molar-refractivity contribution in [1.29, 1.82) is 0 Å². The molecule has 0 spiro atoms. The van der Waals surface area contributed by atoms with E-state index in [1.54, 1.807) is 14.2 Å². The third-order valence-corrected chi connectivity index (χ3v) is 3.37. The molecule has 0 fully saturated rings. The Hall–Kier alpha value is -1.17. The zero-order chi connectivity index (χ0) is 14.8. The quantitative estimate of drug-likeness (QED) is 0.663. The zero-order valence-corrected chi connectivity index (χ0v) is 13.1. The molecule has 1 heterocycles. The fraction of sp³-hybridized carbons (Fsp3) is 0.667. The maximum atomic E-state index is 5.19. The van der Waals surface area contributed by atoms with Crippen LogP contribution in [0.2, 0.25) is 0 Å². The van der Waals surface area contributed by atoms with Crippen LogP contribution in [0.25, 0.3) is 0 Å². The fourth-order valence-corrected chi connectivity index (χ4v) is 1.99. The van der Waals surface area contributed by atoms with E-state index in [9.17, 15) is 0 Å². The van der Waals surface area contributed by atoms with E-state index in [0.717, 1.165) is 31.9 Å². The third-order valence-electron chi connectivity index (χ3n) is 3.37. The van der Waals surface area contributed by atoms with E-state index in [1.807, 2.05) is 19.3 Å². The minimum absolute atomic E-state index is 0.319. The maximum Gasteiger partial charge on any atom is 0.128 e. The molecule has 0 bridgehead atoms. The Bertz CT molecular complexity index is 374. The summed E-state index contributed by atoms with van der Waals surface area (Å²) in [7, 11) is 5.42. The lowest BCUT2D eigenvalue weighted by Gasteiger charge is -2.24. The summed E-state index contributed by atoms with van der Waals surface area (Å²) in [4.78, 5) is 6.73. The van der Waals surface area contributed by atoms with Gasteiger partial charge in [-0.25, -0.2) is 4.98 Å². The first-order valence-electron chi connectivity index (χ1n) is 7.09. The maximum absolute atomic E-state index is 5.19. The summed E-state index contributed by atoms with van der Waals surface area (Å²) in [6.07, 6.45) is 2.85. The highest BCUT2D eigenvalue weighted by atomic mass is 16.5. The van der Waals surface area contributed by atoms with E-state index in [0.29, 0.717) is 12.6 Å². The summed E-state index contributed by atoms with van der Waals surface area (Å²) >= 11 is 0. The summed E-state index contributed by atoms with van der Waals surface area (Å²) in [6, 6.07) is 4.51. The topological polar surface area (TPSA) is 46.6 Å². The van der Waals surface area contributed by atoms with Crippen molar-refractivity contribution in [2.75, 3.05) is 52.5 Å². The third kappa shape index (κ3) is 5.45. The van der Waals surface area contributed by atoms with Crippen molar-refractivity contribution in [3.63, 3.8) is 0 Å². The summed E-state index contributed by atoms with van der Waals surface area (Å²) < 4.78 is 10.3. The summed E-state index contributed by atoms with van der Waals surface area (Å²) in [5.74, 6) is 0.998. The van der Waals surface area contributed by atoms with Gasteiger partial charge in [0.25, 0.3) is 0 Å². The van der Waals surface area contributed by atoms with Gasteiger partial charge < -0.3 is 19.7 Å². The highest BCUT2D eigenvalue weighted by Gasteiger charge is 2.10. The lowest BCUT2D eigenvalue weighted by Crippen LogP contribution is -2.30. The molecule has 0 aliphatic rings. The van der Waals surface area contributed by atoms with Crippen LogP contribution in [0.5, 0.6) is 0 Å². The lowest BCUT2D eigenvalue weighted by atomic mass is 10.1. The Kier molecular flexibility index (Phi) is 8.18. The number of hydrogen-bond donors (Lipinski definition) is 1. The van der Waals surface area contributed by atoms with Gasteiger partial charge in [0.15, 0.2) is 0 Å². The molecule has 1 aromatic heterocycles. The normalized spacial score (nSPS) is 12.4. The Morgan fingerprint density at radius 2 is 2.00 bits per heavy atom. The minimum atomic E-state index is 0.319. The van der Waals surface area contributed by atoms with E-state index in [2.05, 4.69) is 28.2 Å². The van der Waals surface area contributed by atoms with Crippen molar-refractivity contribution in [1.82, 2.24) is 10.3 Å². The van der Waals surface area contributed by atoms with Crippen LogP contribution in [-0.2, 0) is 9.47 Å². The molecule has 5 heteroatoms.